The second kappa shape index (κ2) is 5.95. The number of aromatic nitrogens is 2. The van der Waals surface area contributed by atoms with Gasteiger partial charge in [0, 0.05) is 17.8 Å². The van der Waals surface area contributed by atoms with Gasteiger partial charge in [-0.25, -0.2) is 13.1 Å². The molecule has 114 valence electrons. The van der Waals surface area contributed by atoms with E-state index in [4.69, 9.17) is 17.3 Å². The van der Waals surface area contributed by atoms with Crippen molar-refractivity contribution >= 4 is 33.1 Å². The van der Waals surface area contributed by atoms with E-state index in [0.29, 0.717) is 18.1 Å². The molecule has 0 aliphatic rings. The summed E-state index contributed by atoms with van der Waals surface area (Å²) in [5.74, 6) is 0.373. The van der Waals surface area contributed by atoms with Crippen LogP contribution in [0.15, 0.2) is 29.2 Å². The van der Waals surface area contributed by atoms with Gasteiger partial charge in [0.05, 0.1) is 6.54 Å². The van der Waals surface area contributed by atoms with Crippen molar-refractivity contribution in [2.75, 3.05) is 23.9 Å². The van der Waals surface area contributed by atoms with E-state index < -0.39 is 9.84 Å². The Bertz CT molecular complexity index is 756. The minimum Gasteiger partial charge on any atom is -0.383 e. The van der Waals surface area contributed by atoms with Gasteiger partial charge in [-0.2, -0.15) is 5.10 Å². The molecule has 0 amide bonds. The van der Waals surface area contributed by atoms with Crippen LogP contribution in [0, 0.1) is 0 Å². The fraction of sp³-hybridized carbons (Fsp3) is 0.308. The predicted molar refractivity (Wildman–Crippen MR) is 84.5 cm³/mol. The Hall–Kier alpha value is -1.73. The third-order valence-corrected chi connectivity index (χ3v) is 4.45. The maximum atomic E-state index is 11.9. The SMILES string of the molecule is CCNc1nn(Cc2ccccc2Cl)c(N)c1S(C)(=O)=O. The van der Waals surface area contributed by atoms with Crippen LogP contribution in [0.3, 0.4) is 0 Å². The van der Waals surface area contributed by atoms with Crippen LogP contribution in [0.5, 0.6) is 0 Å². The molecule has 0 aliphatic heterocycles. The Balaban J connectivity index is 2.49. The van der Waals surface area contributed by atoms with E-state index in [2.05, 4.69) is 10.4 Å². The molecule has 3 N–H and O–H groups in total. The molecule has 0 spiro atoms. The quantitative estimate of drug-likeness (QED) is 0.876. The standard InChI is InChI=1S/C13H17ClN4O2S/c1-3-16-13-11(21(2,19)20)12(15)18(17-13)8-9-6-4-5-7-10(9)14/h4-7H,3,8,15H2,1-2H3,(H,16,17). The van der Waals surface area contributed by atoms with E-state index in [1.807, 2.05) is 25.1 Å². The summed E-state index contributed by atoms with van der Waals surface area (Å²) < 4.78 is 25.2. The summed E-state index contributed by atoms with van der Waals surface area (Å²) in [6, 6.07) is 7.28. The summed E-state index contributed by atoms with van der Waals surface area (Å²) in [5.41, 5.74) is 6.77. The zero-order valence-corrected chi connectivity index (χ0v) is 13.4. The van der Waals surface area contributed by atoms with Gasteiger partial charge >= 0.3 is 0 Å². The van der Waals surface area contributed by atoms with Crippen LogP contribution in [0.4, 0.5) is 11.6 Å². The van der Waals surface area contributed by atoms with Gasteiger partial charge in [0.25, 0.3) is 0 Å². The molecule has 0 fully saturated rings. The van der Waals surface area contributed by atoms with Crippen LogP contribution in [0.2, 0.25) is 5.02 Å². The molecule has 0 bridgehead atoms. The molecule has 1 aromatic carbocycles. The normalized spacial score (nSPS) is 11.6. The smallest absolute Gasteiger partial charge is 0.182 e. The van der Waals surface area contributed by atoms with Crippen LogP contribution < -0.4 is 11.1 Å². The summed E-state index contributed by atoms with van der Waals surface area (Å²) in [7, 11) is -3.47. The van der Waals surface area contributed by atoms with Gasteiger partial charge in [0.1, 0.15) is 5.82 Å². The maximum Gasteiger partial charge on any atom is 0.182 e. The van der Waals surface area contributed by atoms with Gasteiger partial charge in [0.2, 0.25) is 0 Å². The number of anilines is 2. The molecule has 0 atom stereocenters. The lowest BCUT2D eigenvalue weighted by molar-refractivity contribution is 0.602. The average molecular weight is 329 g/mol. The van der Waals surface area contributed by atoms with Gasteiger partial charge in [0.15, 0.2) is 20.6 Å². The number of hydrogen-bond acceptors (Lipinski definition) is 5. The van der Waals surface area contributed by atoms with Gasteiger partial charge < -0.3 is 11.1 Å². The van der Waals surface area contributed by atoms with E-state index in [1.165, 1.54) is 4.68 Å². The largest absolute Gasteiger partial charge is 0.383 e. The summed E-state index contributed by atoms with van der Waals surface area (Å²) >= 11 is 6.11. The van der Waals surface area contributed by atoms with Gasteiger partial charge in [-0.15, -0.1) is 0 Å². The highest BCUT2D eigenvalue weighted by Crippen LogP contribution is 2.28. The molecule has 2 aromatic rings. The first-order valence-corrected chi connectivity index (χ1v) is 8.65. The van der Waals surface area contributed by atoms with Crippen LogP contribution in [-0.4, -0.2) is 31.0 Å². The lowest BCUT2D eigenvalue weighted by Gasteiger charge is -2.06. The van der Waals surface area contributed by atoms with Crippen molar-refractivity contribution in [3.63, 3.8) is 0 Å². The Morgan fingerprint density at radius 2 is 2.05 bits per heavy atom. The number of nitrogens with two attached hydrogens (primary N) is 1. The molecule has 0 aliphatic carbocycles. The zero-order chi connectivity index (χ0) is 15.6. The van der Waals surface area contributed by atoms with E-state index in [-0.39, 0.29) is 16.5 Å². The van der Waals surface area contributed by atoms with Crippen LogP contribution >= 0.6 is 11.6 Å². The van der Waals surface area contributed by atoms with Crippen LogP contribution in [0.25, 0.3) is 0 Å². The van der Waals surface area contributed by atoms with E-state index in [9.17, 15) is 8.42 Å². The van der Waals surface area contributed by atoms with E-state index in [1.54, 1.807) is 6.07 Å². The number of halogens is 1. The third kappa shape index (κ3) is 3.30. The summed E-state index contributed by atoms with van der Waals surface area (Å²) in [4.78, 5) is 0.0244. The first-order valence-electron chi connectivity index (χ1n) is 6.38. The Labute approximate surface area is 128 Å². The Morgan fingerprint density at radius 3 is 2.62 bits per heavy atom. The Morgan fingerprint density at radius 1 is 1.38 bits per heavy atom. The molecule has 1 heterocycles. The molecule has 0 saturated heterocycles. The molecule has 0 radical (unpaired) electrons. The molecule has 2 rings (SSSR count). The number of nitrogens with one attached hydrogen (secondary N) is 1. The summed E-state index contributed by atoms with van der Waals surface area (Å²) in [5, 5.41) is 7.75. The number of nitrogens with zero attached hydrogens (tertiary/aromatic N) is 2. The number of rotatable bonds is 5. The topological polar surface area (TPSA) is 90.0 Å². The molecule has 1 aromatic heterocycles. The van der Waals surface area contributed by atoms with Crippen molar-refractivity contribution in [1.29, 1.82) is 0 Å². The highest BCUT2D eigenvalue weighted by atomic mass is 35.5. The zero-order valence-electron chi connectivity index (χ0n) is 11.8. The number of sulfone groups is 1. The van der Waals surface area contributed by atoms with Crippen molar-refractivity contribution in [2.45, 2.75) is 18.4 Å². The monoisotopic (exact) mass is 328 g/mol. The molecule has 21 heavy (non-hydrogen) atoms. The molecular formula is C13H17ClN4O2S. The number of nitrogen functional groups attached to an aromatic ring is 1. The first-order chi connectivity index (χ1) is 9.84. The minimum absolute atomic E-state index is 0.0244. The highest BCUT2D eigenvalue weighted by molar-refractivity contribution is 7.91. The van der Waals surface area contributed by atoms with Crippen LogP contribution in [0.1, 0.15) is 12.5 Å². The van der Waals surface area contributed by atoms with Crippen molar-refractivity contribution in [2.24, 2.45) is 0 Å². The molecule has 6 nitrogen and oxygen atoms in total. The lowest BCUT2D eigenvalue weighted by atomic mass is 10.2. The first kappa shape index (κ1) is 15.7. The lowest BCUT2D eigenvalue weighted by Crippen LogP contribution is -2.08. The number of hydrogen-bond donors (Lipinski definition) is 2. The summed E-state index contributed by atoms with van der Waals surface area (Å²) in [6.45, 7) is 2.71. The van der Waals surface area contributed by atoms with Gasteiger partial charge in [-0.1, -0.05) is 29.8 Å². The van der Waals surface area contributed by atoms with Crippen molar-refractivity contribution in [1.82, 2.24) is 9.78 Å². The minimum atomic E-state index is -3.47. The predicted octanol–water partition coefficient (Wildman–Crippen LogP) is 2.00. The second-order valence-electron chi connectivity index (χ2n) is 4.61. The fourth-order valence-corrected chi connectivity index (χ4v) is 3.16. The molecule has 8 heteroatoms. The van der Waals surface area contributed by atoms with Crippen molar-refractivity contribution < 1.29 is 8.42 Å². The van der Waals surface area contributed by atoms with Crippen molar-refractivity contribution in [3.05, 3.63) is 34.9 Å². The third-order valence-electron chi connectivity index (χ3n) is 2.94. The molecule has 0 unspecified atom stereocenters. The van der Waals surface area contributed by atoms with Crippen LogP contribution in [-0.2, 0) is 16.4 Å². The van der Waals surface area contributed by atoms with Gasteiger partial charge in [-0.05, 0) is 18.6 Å². The second-order valence-corrected chi connectivity index (χ2v) is 6.97. The van der Waals surface area contributed by atoms with E-state index in [0.717, 1.165) is 11.8 Å². The average Bonchev–Trinajstić information content (AvgIpc) is 2.69. The maximum absolute atomic E-state index is 11.9. The number of benzene rings is 1. The van der Waals surface area contributed by atoms with Crippen molar-refractivity contribution in [3.8, 4) is 0 Å². The van der Waals surface area contributed by atoms with Gasteiger partial charge in [-0.3, -0.25) is 0 Å². The highest BCUT2D eigenvalue weighted by Gasteiger charge is 2.24. The van der Waals surface area contributed by atoms with E-state index >= 15 is 0 Å². The fourth-order valence-electron chi connectivity index (χ4n) is 2.02. The summed E-state index contributed by atoms with van der Waals surface area (Å²) in [6.07, 6.45) is 1.11. The Kier molecular flexibility index (Phi) is 4.43. The molecular weight excluding hydrogens is 312 g/mol. The molecule has 0 saturated carbocycles.